The van der Waals surface area contributed by atoms with Gasteiger partial charge in [-0.25, -0.2) is 0 Å². The van der Waals surface area contributed by atoms with Crippen molar-refractivity contribution in [3.8, 4) is 11.5 Å². The molecule has 0 saturated heterocycles. The van der Waals surface area contributed by atoms with E-state index in [1.807, 2.05) is 0 Å². The summed E-state index contributed by atoms with van der Waals surface area (Å²) in [6.07, 6.45) is 5.75. The minimum absolute atomic E-state index is 0.159. The van der Waals surface area contributed by atoms with Crippen molar-refractivity contribution < 1.29 is 19.8 Å². The van der Waals surface area contributed by atoms with E-state index in [4.69, 9.17) is 10.2 Å². The van der Waals surface area contributed by atoms with Gasteiger partial charge in [-0.05, 0) is 47.5 Å². The molecule has 0 saturated carbocycles. The fraction of sp³-hybridized carbons (Fsp3) is 0.0526. The second-order valence-corrected chi connectivity index (χ2v) is 4.99. The van der Waals surface area contributed by atoms with E-state index in [9.17, 15) is 9.59 Å². The molecule has 3 N–H and O–H groups in total. The van der Waals surface area contributed by atoms with E-state index in [2.05, 4.69) is 0 Å². The first-order valence-corrected chi connectivity index (χ1v) is 7.05. The standard InChI is InChI=1S/C19H16O4/c20-16-7-1-14(2-8-16)5-11-18(22)13-19(23)12-6-15-3-9-17(21)10-4-15/h1-12,20-21H,13H2/p+1/b11-5+,12-6+. The first kappa shape index (κ1) is 16.2. The predicted molar refractivity (Wildman–Crippen MR) is 90.3 cm³/mol. The molecule has 2 rings (SSSR count). The van der Waals surface area contributed by atoms with Gasteiger partial charge in [-0.15, -0.1) is 0 Å². The van der Waals surface area contributed by atoms with E-state index >= 15 is 0 Å². The summed E-state index contributed by atoms with van der Waals surface area (Å²) in [5.41, 5.74) is 1.58. The molecule has 0 unspecified atom stereocenters. The summed E-state index contributed by atoms with van der Waals surface area (Å²) >= 11 is 0. The maximum atomic E-state index is 11.7. The number of phenolic OH excluding ortho intramolecular Hbond substituents is 1. The molecule has 2 aromatic carbocycles. The first-order chi connectivity index (χ1) is 11.0. The van der Waals surface area contributed by atoms with E-state index in [0.717, 1.165) is 11.1 Å². The minimum atomic E-state index is -0.283. The summed E-state index contributed by atoms with van der Waals surface area (Å²) in [6.45, 7) is 0. The number of benzene rings is 2. The fourth-order valence-corrected chi connectivity index (χ4v) is 1.85. The monoisotopic (exact) mass is 309 g/mol. The Balaban J connectivity index is 1.88. The zero-order valence-electron chi connectivity index (χ0n) is 12.4. The number of hydrogen-bond donors (Lipinski definition) is 1. The number of carbonyl (C=O) groups excluding carboxylic acids is 2. The molecule has 23 heavy (non-hydrogen) atoms. The number of aromatic hydroxyl groups is 1. The number of carbonyl (C=O) groups is 2. The van der Waals surface area contributed by atoms with Crippen molar-refractivity contribution in [3.63, 3.8) is 0 Å². The average Bonchev–Trinajstić information content (AvgIpc) is 2.54. The molecule has 0 radical (unpaired) electrons. The molecule has 0 spiro atoms. The third kappa shape index (κ3) is 5.63. The van der Waals surface area contributed by atoms with Crippen molar-refractivity contribution in [1.29, 1.82) is 0 Å². The van der Waals surface area contributed by atoms with Gasteiger partial charge in [0.15, 0.2) is 11.6 Å². The van der Waals surface area contributed by atoms with Gasteiger partial charge < -0.3 is 10.2 Å². The van der Waals surface area contributed by atoms with Crippen LogP contribution in [0.4, 0.5) is 0 Å². The highest BCUT2D eigenvalue weighted by atomic mass is 16.3. The fourth-order valence-electron chi connectivity index (χ4n) is 1.85. The van der Waals surface area contributed by atoms with Gasteiger partial charge in [0.1, 0.15) is 5.75 Å². The Labute approximate surface area is 134 Å². The number of allylic oxidation sites excluding steroid dienone is 2. The van der Waals surface area contributed by atoms with Gasteiger partial charge in [0.25, 0.3) is 5.75 Å². The topological polar surface area (TPSA) is 77.3 Å². The van der Waals surface area contributed by atoms with Crippen molar-refractivity contribution in [2.24, 2.45) is 0 Å². The number of rotatable bonds is 6. The molecule has 4 nitrogen and oxygen atoms in total. The summed E-state index contributed by atoms with van der Waals surface area (Å²) < 4.78 is 0. The number of hydrogen-bond acceptors (Lipinski definition) is 3. The SMILES string of the molecule is O=C(/C=C/c1ccc(O)cc1)CC(=O)/C=C/c1ccc([OH2+])cc1. The van der Waals surface area contributed by atoms with Gasteiger partial charge in [0.05, 0.1) is 6.42 Å². The van der Waals surface area contributed by atoms with Crippen LogP contribution < -0.4 is 0 Å². The van der Waals surface area contributed by atoms with Crippen LogP contribution in [0.25, 0.3) is 12.2 Å². The predicted octanol–water partition coefficient (Wildman–Crippen LogP) is 3.09. The normalized spacial score (nSPS) is 11.1. The Kier molecular flexibility index (Phi) is 5.47. The van der Waals surface area contributed by atoms with Crippen molar-refractivity contribution in [2.45, 2.75) is 6.42 Å². The van der Waals surface area contributed by atoms with Crippen LogP contribution >= 0.6 is 0 Å². The van der Waals surface area contributed by atoms with Gasteiger partial charge in [-0.1, -0.05) is 24.3 Å². The van der Waals surface area contributed by atoms with Crippen LogP contribution in [0.3, 0.4) is 0 Å². The first-order valence-electron chi connectivity index (χ1n) is 7.05. The molecule has 2 aromatic rings. The smallest absolute Gasteiger partial charge is 0.253 e. The third-order valence-electron chi connectivity index (χ3n) is 3.08. The summed E-state index contributed by atoms with van der Waals surface area (Å²) in [4.78, 5) is 23.5. The quantitative estimate of drug-likeness (QED) is 0.506. The second kappa shape index (κ2) is 7.75. The summed E-state index contributed by atoms with van der Waals surface area (Å²) in [6, 6.07) is 13.1. The average molecular weight is 309 g/mol. The van der Waals surface area contributed by atoms with Gasteiger partial charge >= 0.3 is 0 Å². The van der Waals surface area contributed by atoms with E-state index < -0.39 is 0 Å². The lowest BCUT2D eigenvalue weighted by atomic mass is 10.1. The maximum Gasteiger partial charge on any atom is 0.253 e. The van der Waals surface area contributed by atoms with E-state index in [0.29, 0.717) is 5.75 Å². The highest BCUT2D eigenvalue weighted by molar-refractivity contribution is 6.10. The van der Waals surface area contributed by atoms with Crippen LogP contribution in [0.5, 0.6) is 11.5 Å². The van der Waals surface area contributed by atoms with Crippen molar-refractivity contribution in [2.75, 3.05) is 0 Å². The maximum absolute atomic E-state index is 11.7. The summed E-state index contributed by atoms with van der Waals surface area (Å²) in [5.74, 6) is 0.00444. The van der Waals surface area contributed by atoms with E-state index in [1.54, 1.807) is 48.6 Å². The van der Waals surface area contributed by atoms with Crippen molar-refractivity contribution in [3.05, 3.63) is 71.8 Å². The Morgan fingerprint density at radius 2 is 1.26 bits per heavy atom. The molecule has 0 fully saturated rings. The van der Waals surface area contributed by atoms with E-state index in [-0.39, 0.29) is 23.7 Å². The Bertz CT molecular complexity index is 672. The Hall–Kier alpha value is -3.14. The molecular weight excluding hydrogens is 292 g/mol. The summed E-state index contributed by atoms with van der Waals surface area (Å²) in [7, 11) is 0. The van der Waals surface area contributed by atoms with Gasteiger partial charge in [0.2, 0.25) is 0 Å². The number of ketones is 2. The third-order valence-corrected chi connectivity index (χ3v) is 3.08. The van der Waals surface area contributed by atoms with Crippen LogP contribution in [0.15, 0.2) is 60.7 Å². The van der Waals surface area contributed by atoms with Crippen LogP contribution in [0, 0.1) is 0 Å². The molecule has 116 valence electrons. The molecule has 0 aromatic heterocycles. The molecule has 0 aliphatic rings. The zero-order valence-corrected chi connectivity index (χ0v) is 12.4. The van der Waals surface area contributed by atoms with E-state index in [1.165, 1.54) is 24.3 Å². The molecule has 0 heterocycles. The second-order valence-electron chi connectivity index (χ2n) is 4.99. The molecule has 0 amide bonds. The minimum Gasteiger partial charge on any atom is -0.593 e. The van der Waals surface area contributed by atoms with Gasteiger partial charge in [-0.2, -0.15) is 0 Å². The van der Waals surface area contributed by atoms with Gasteiger partial charge in [0, 0.05) is 12.1 Å². The van der Waals surface area contributed by atoms with Crippen molar-refractivity contribution >= 4 is 23.7 Å². The molecule has 0 aliphatic heterocycles. The lowest BCUT2D eigenvalue weighted by Crippen LogP contribution is -2.01. The lowest BCUT2D eigenvalue weighted by molar-refractivity contribution is -0.121. The molecule has 0 atom stereocenters. The molecule has 4 heteroatoms. The van der Waals surface area contributed by atoms with Crippen LogP contribution in [0.2, 0.25) is 0 Å². The highest BCUT2D eigenvalue weighted by Gasteiger charge is 2.03. The van der Waals surface area contributed by atoms with Crippen LogP contribution in [-0.2, 0) is 9.59 Å². The van der Waals surface area contributed by atoms with Crippen LogP contribution in [-0.4, -0.2) is 21.8 Å². The Morgan fingerprint density at radius 1 is 0.826 bits per heavy atom. The molecule has 0 bridgehead atoms. The Morgan fingerprint density at radius 3 is 1.74 bits per heavy atom. The van der Waals surface area contributed by atoms with Crippen molar-refractivity contribution in [1.82, 2.24) is 0 Å². The summed E-state index contributed by atoms with van der Waals surface area (Å²) in [5, 5.41) is 16.5. The highest BCUT2D eigenvalue weighted by Crippen LogP contribution is 2.12. The van der Waals surface area contributed by atoms with Crippen LogP contribution in [0.1, 0.15) is 17.5 Å². The zero-order chi connectivity index (χ0) is 16.7. The largest absolute Gasteiger partial charge is 0.593 e. The lowest BCUT2D eigenvalue weighted by Gasteiger charge is -1.95. The molecular formula is C19H17O4+. The number of phenols is 1. The van der Waals surface area contributed by atoms with Gasteiger partial charge in [-0.3, -0.25) is 9.59 Å². The molecule has 0 aliphatic carbocycles.